The first-order valence-electron chi connectivity index (χ1n) is 7.65. The molecule has 2 rings (SSSR count). The number of aromatic nitrogens is 2. The van der Waals surface area contributed by atoms with E-state index in [1.54, 1.807) is 0 Å². The minimum absolute atomic E-state index is 0.177. The molecule has 2 unspecified atom stereocenters. The molecule has 5 nitrogen and oxygen atoms in total. The summed E-state index contributed by atoms with van der Waals surface area (Å²) in [7, 11) is 0. The minimum atomic E-state index is -0.650. The van der Waals surface area contributed by atoms with E-state index in [0.29, 0.717) is 6.04 Å². The number of carboxylic acids is 1. The third-order valence-electron chi connectivity index (χ3n) is 4.17. The maximum absolute atomic E-state index is 11.1. The van der Waals surface area contributed by atoms with Crippen molar-refractivity contribution in [3.05, 3.63) is 17.5 Å². The quantitative estimate of drug-likeness (QED) is 0.837. The molecule has 20 heavy (non-hydrogen) atoms. The lowest BCUT2D eigenvalue weighted by Crippen LogP contribution is -2.36. The molecule has 1 aliphatic rings. The predicted octanol–water partition coefficient (Wildman–Crippen LogP) is 2.20. The fourth-order valence-electron chi connectivity index (χ4n) is 2.95. The standard InChI is InChI=1S/C15H25N3O2/c1-3-12-9-14(18(4-2)17-12)10-16-13-7-5-6-11(8-13)15(19)20/h9,11,13,16H,3-8,10H2,1-2H3,(H,19,20). The van der Waals surface area contributed by atoms with E-state index in [0.717, 1.165) is 50.9 Å². The smallest absolute Gasteiger partial charge is 0.306 e. The van der Waals surface area contributed by atoms with Gasteiger partial charge in [0, 0.05) is 19.1 Å². The molecule has 0 amide bonds. The van der Waals surface area contributed by atoms with Crippen LogP contribution in [0.5, 0.6) is 0 Å². The highest BCUT2D eigenvalue weighted by molar-refractivity contribution is 5.70. The molecule has 1 aromatic heterocycles. The molecular formula is C15H25N3O2. The van der Waals surface area contributed by atoms with Gasteiger partial charge in [0.15, 0.2) is 0 Å². The highest BCUT2D eigenvalue weighted by Crippen LogP contribution is 2.24. The van der Waals surface area contributed by atoms with Gasteiger partial charge in [0.2, 0.25) is 0 Å². The van der Waals surface area contributed by atoms with Crippen LogP contribution in [0.15, 0.2) is 6.07 Å². The summed E-state index contributed by atoms with van der Waals surface area (Å²) in [5.74, 6) is -0.827. The van der Waals surface area contributed by atoms with E-state index in [9.17, 15) is 4.79 Å². The maximum Gasteiger partial charge on any atom is 0.306 e. The van der Waals surface area contributed by atoms with Crippen molar-refractivity contribution in [3.63, 3.8) is 0 Å². The van der Waals surface area contributed by atoms with Gasteiger partial charge in [-0.05, 0) is 38.7 Å². The minimum Gasteiger partial charge on any atom is -0.481 e. The van der Waals surface area contributed by atoms with Crippen LogP contribution >= 0.6 is 0 Å². The fraction of sp³-hybridized carbons (Fsp3) is 0.733. The Hall–Kier alpha value is -1.36. The lowest BCUT2D eigenvalue weighted by Gasteiger charge is -2.27. The Balaban J connectivity index is 1.91. The molecule has 112 valence electrons. The van der Waals surface area contributed by atoms with Crippen LogP contribution in [0, 0.1) is 5.92 Å². The van der Waals surface area contributed by atoms with Crippen LogP contribution < -0.4 is 5.32 Å². The SMILES string of the molecule is CCc1cc(CNC2CCCC(C(=O)O)C2)n(CC)n1. The second kappa shape index (κ2) is 6.88. The van der Waals surface area contributed by atoms with Crippen LogP contribution in [0.3, 0.4) is 0 Å². The van der Waals surface area contributed by atoms with Crippen LogP contribution in [0.25, 0.3) is 0 Å². The van der Waals surface area contributed by atoms with E-state index in [1.807, 2.05) is 4.68 Å². The number of aryl methyl sites for hydroxylation is 2. The van der Waals surface area contributed by atoms with Crippen LogP contribution in [0.4, 0.5) is 0 Å². The molecule has 0 radical (unpaired) electrons. The van der Waals surface area contributed by atoms with E-state index >= 15 is 0 Å². The van der Waals surface area contributed by atoms with Crippen molar-refractivity contribution in [2.24, 2.45) is 5.92 Å². The highest BCUT2D eigenvalue weighted by Gasteiger charge is 2.26. The van der Waals surface area contributed by atoms with Crippen LogP contribution in [0.2, 0.25) is 0 Å². The van der Waals surface area contributed by atoms with Gasteiger partial charge in [0.25, 0.3) is 0 Å². The third-order valence-corrected chi connectivity index (χ3v) is 4.17. The Kier molecular flexibility index (Phi) is 5.17. The first-order valence-corrected chi connectivity index (χ1v) is 7.65. The van der Waals surface area contributed by atoms with Gasteiger partial charge in [-0.2, -0.15) is 5.10 Å². The van der Waals surface area contributed by atoms with Crippen molar-refractivity contribution >= 4 is 5.97 Å². The van der Waals surface area contributed by atoms with Gasteiger partial charge in [-0.3, -0.25) is 9.48 Å². The number of aliphatic carboxylic acids is 1. The number of carbonyl (C=O) groups is 1. The molecular weight excluding hydrogens is 254 g/mol. The Morgan fingerprint density at radius 1 is 1.50 bits per heavy atom. The third kappa shape index (κ3) is 3.60. The number of hydrogen-bond acceptors (Lipinski definition) is 3. The van der Waals surface area contributed by atoms with E-state index in [-0.39, 0.29) is 5.92 Å². The highest BCUT2D eigenvalue weighted by atomic mass is 16.4. The molecule has 0 saturated heterocycles. The van der Waals surface area contributed by atoms with Crippen molar-refractivity contribution in [1.29, 1.82) is 0 Å². The molecule has 1 saturated carbocycles. The summed E-state index contributed by atoms with van der Waals surface area (Å²) in [5.41, 5.74) is 2.32. The van der Waals surface area contributed by atoms with E-state index in [4.69, 9.17) is 5.11 Å². The van der Waals surface area contributed by atoms with Gasteiger partial charge in [0.1, 0.15) is 0 Å². The largest absolute Gasteiger partial charge is 0.481 e. The van der Waals surface area contributed by atoms with Gasteiger partial charge in [-0.25, -0.2) is 0 Å². The van der Waals surface area contributed by atoms with Gasteiger partial charge in [-0.15, -0.1) is 0 Å². The fourth-order valence-corrected chi connectivity index (χ4v) is 2.95. The Morgan fingerprint density at radius 3 is 2.95 bits per heavy atom. The van der Waals surface area contributed by atoms with E-state index in [1.165, 1.54) is 5.69 Å². The van der Waals surface area contributed by atoms with Gasteiger partial charge in [0.05, 0.1) is 17.3 Å². The second-order valence-electron chi connectivity index (χ2n) is 5.58. The molecule has 0 aliphatic heterocycles. The topological polar surface area (TPSA) is 67.2 Å². The molecule has 2 N–H and O–H groups in total. The van der Waals surface area contributed by atoms with Gasteiger partial charge >= 0.3 is 5.97 Å². The maximum atomic E-state index is 11.1. The van der Waals surface area contributed by atoms with Crippen LogP contribution in [-0.4, -0.2) is 26.9 Å². The van der Waals surface area contributed by atoms with Crippen molar-refractivity contribution in [2.45, 2.75) is 65.1 Å². The number of hydrogen-bond donors (Lipinski definition) is 2. The van der Waals surface area contributed by atoms with Gasteiger partial charge < -0.3 is 10.4 Å². The van der Waals surface area contributed by atoms with Crippen molar-refractivity contribution in [1.82, 2.24) is 15.1 Å². The zero-order valence-electron chi connectivity index (χ0n) is 12.4. The predicted molar refractivity (Wildman–Crippen MR) is 77.5 cm³/mol. The summed E-state index contributed by atoms with van der Waals surface area (Å²) in [6.07, 6.45) is 4.59. The summed E-state index contributed by atoms with van der Waals surface area (Å²) >= 11 is 0. The molecule has 2 atom stereocenters. The monoisotopic (exact) mass is 279 g/mol. The Morgan fingerprint density at radius 2 is 2.30 bits per heavy atom. The average molecular weight is 279 g/mol. The van der Waals surface area contributed by atoms with E-state index in [2.05, 4.69) is 30.3 Å². The Labute approximate surface area is 120 Å². The first-order chi connectivity index (χ1) is 9.63. The molecule has 1 fully saturated rings. The van der Waals surface area contributed by atoms with Crippen molar-refractivity contribution in [3.8, 4) is 0 Å². The molecule has 0 spiro atoms. The number of nitrogens with zero attached hydrogens (tertiary/aromatic N) is 2. The zero-order chi connectivity index (χ0) is 14.5. The number of nitrogens with one attached hydrogen (secondary N) is 1. The van der Waals surface area contributed by atoms with Crippen molar-refractivity contribution < 1.29 is 9.90 Å². The lowest BCUT2D eigenvalue weighted by molar-refractivity contribution is -0.143. The summed E-state index contributed by atoms with van der Waals surface area (Å²) in [4.78, 5) is 11.1. The molecule has 0 bridgehead atoms. The lowest BCUT2D eigenvalue weighted by atomic mass is 9.86. The molecule has 1 aliphatic carbocycles. The molecule has 5 heteroatoms. The number of rotatable bonds is 6. The summed E-state index contributed by atoms with van der Waals surface area (Å²) in [6.45, 7) is 5.85. The van der Waals surface area contributed by atoms with Crippen LogP contribution in [0.1, 0.15) is 50.9 Å². The van der Waals surface area contributed by atoms with E-state index < -0.39 is 5.97 Å². The molecule has 0 aromatic carbocycles. The summed E-state index contributed by atoms with van der Waals surface area (Å²) in [5, 5.41) is 17.2. The number of carboxylic acid groups (broad SMARTS) is 1. The summed E-state index contributed by atoms with van der Waals surface area (Å²) in [6, 6.07) is 2.46. The van der Waals surface area contributed by atoms with Crippen molar-refractivity contribution in [2.75, 3.05) is 0 Å². The molecule has 1 heterocycles. The average Bonchev–Trinajstić information content (AvgIpc) is 2.88. The molecule has 1 aromatic rings. The Bertz CT molecular complexity index is 456. The first kappa shape index (κ1) is 15.0. The van der Waals surface area contributed by atoms with Gasteiger partial charge in [-0.1, -0.05) is 13.3 Å². The summed E-state index contributed by atoms with van der Waals surface area (Å²) < 4.78 is 2.03. The van der Waals surface area contributed by atoms with Crippen LogP contribution in [-0.2, 0) is 24.3 Å². The zero-order valence-corrected chi connectivity index (χ0v) is 12.4. The second-order valence-corrected chi connectivity index (χ2v) is 5.58. The normalized spacial score (nSPS) is 22.9.